The van der Waals surface area contributed by atoms with Gasteiger partial charge in [0.1, 0.15) is 5.57 Å². The van der Waals surface area contributed by atoms with Gasteiger partial charge in [0.05, 0.1) is 10.6 Å². The van der Waals surface area contributed by atoms with Crippen molar-refractivity contribution in [2.75, 3.05) is 4.90 Å². The van der Waals surface area contributed by atoms with Gasteiger partial charge >= 0.3 is 6.03 Å². The number of benzene rings is 3. The van der Waals surface area contributed by atoms with Crippen LogP contribution in [0.4, 0.5) is 16.2 Å². The molecule has 4 aromatic rings. The van der Waals surface area contributed by atoms with Crippen molar-refractivity contribution < 1.29 is 19.3 Å². The summed E-state index contributed by atoms with van der Waals surface area (Å²) in [6, 6.07) is 21.9. The van der Waals surface area contributed by atoms with Crippen molar-refractivity contribution in [3.05, 3.63) is 116 Å². The number of nitro benzene ring substituents is 1. The first-order chi connectivity index (χ1) is 19.1. The Balaban J connectivity index is 1.41. The third-order valence-electron chi connectivity index (χ3n) is 6.33. The Hall–Kier alpha value is -4.48. The smallest absolute Gasteiger partial charge is 0.318 e. The van der Waals surface area contributed by atoms with Gasteiger partial charge in [-0.15, -0.1) is 0 Å². The predicted molar refractivity (Wildman–Crippen MR) is 156 cm³/mol. The number of anilines is 1. The summed E-state index contributed by atoms with van der Waals surface area (Å²) < 4.78 is 2.80. The van der Waals surface area contributed by atoms with Gasteiger partial charge in [-0.3, -0.25) is 25.0 Å². The summed E-state index contributed by atoms with van der Waals surface area (Å²) in [6.07, 6.45) is 1.51. The molecule has 1 fully saturated rings. The highest BCUT2D eigenvalue weighted by atomic mass is 79.9. The summed E-state index contributed by atoms with van der Waals surface area (Å²) in [7, 11) is 0. The molecule has 2 heterocycles. The van der Waals surface area contributed by atoms with Crippen LogP contribution in [-0.2, 0) is 9.59 Å². The number of barbiturate groups is 1. The van der Waals surface area contributed by atoms with Crippen LogP contribution in [0, 0.1) is 24.0 Å². The van der Waals surface area contributed by atoms with E-state index in [9.17, 15) is 24.5 Å². The molecule has 1 N–H and O–H groups in total. The first-order valence-electron chi connectivity index (χ1n) is 12.0. The molecule has 0 unspecified atom stereocenters. The molecular formula is C29H21BrN4O5S. The van der Waals surface area contributed by atoms with E-state index < -0.39 is 22.8 Å². The monoisotopic (exact) mass is 616 g/mol. The van der Waals surface area contributed by atoms with Crippen LogP contribution >= 0.6 is 27.7 Å². The standard InChI is InChI=1S/C29H21BrN4O5S/c1-17-15-19(16-26-27(35)31-29(37)33(28(26)36)22-5-3-20(30)4-6-22)18(2)32(17)21-7-11-24(12-8-21)40-25-13-9-23(10-14-25)34(38)39/h3-16H,1-2H3,(H,31,35,37)/b26-16-. The number of hydrogen-bond donors (Lipinski definition) is 1. The van der Waals surface area contributed by atoms with Crippen LogP contribution in [0.1, 0.15) is 17.0 Å². The number of carbonyl (C=O) groups excluding carboxylic acids is 3. The van der Waals surface area contributed by atoms with E-state index in [1.54, 1.807) is 36.4 Å². The second-order valence-electron chi connectivity index (χ2n) is 8.94. The van der Waals surface area contributed by atoms with Gasteiger partial charge in [0.25, 0.3) is 17.5 Å². The zero-order valence-electron chi connectivity index (χ0n) is 21.3. The first kappa shape index (κ1) is 27.1. The summed E-state index contributed by atoms with van der Waals surface area (Å²) in [4.78, 5) is 51.7. The molecule has 9 nitrogen and oxygen atoms in total. The zero-order valence-corrected chi connectivity index (χ0v) is 23.7. The number of amides is 4. The molecular weight excluding hydrogens is 596 g/mol. The van der Waals surface area contributed by atoms with Gasteiger partial charge < -0.3 is 4.57 Å². The van der Waals surface area contributed by atoms with E-state index in [1.807, 2.05) is 48.7 Å². The van der Waals surface area contributed by atoms with Gasteiger partial charge in [-0.1, -0.05) is 27.7 Å². The predicted octanol–water partition coefficient (Wildman–Crippen LogP) is 6.58. The summed E-state index contributed by atoms with van der Waals surface area (Å²) in [6.45, 7) is 3.82. The van der Waals surface area contributed by atoms with E-state index in [1.165, 1.54) is 30.0 Å². The Kier molecular flexibility index (Phi) is 7.42. The van der Waals surface area contributed by atoms with Crippen molar-refractivity contribution in [1.82, 2.24) is 9.88 Å². The van der Waals surface area contributed by atoms with Crippen LogP contribution in [0.25, 0.3) is 11.8 Å². The second-order valence-corrected chi connectivity index (χ2v) is 11.0. The minimum atomic E-state index is -0.799. The Morgan fingerprint density at radius 2 is 1.45 bits per heavy atom. The molecule has 40 heavy (non-hydrogen) atoms. The lowest BCUT2D eigenvalue weighted by Gasteiger charge is -2.26. The van der Waals surface area contributed by atoms with E-state index in [-0.39, 0.29) is 11.3 Å². The molecule has 0 atom stereocenters. The minimum Gasteiger partial charge on any atom is -0.318 e. The van der Waals surface area contributed by atoms with Gasteiger partial charge in [0, 0.05) is 43.5 Å². The van der Waals surface area contributed by atoms with Crippen molar-refractivity contribution in [2.24, 2.45) is 0 Å². The summed E-state index contributed by atoms with van der Waals surface area (Å²) in [5.74, 6) is -1.45. The molecule has 0 saturated carbocycles. The SMILES string of the molecule is Cc1cc(/C=C2/C(=O)NC(=O)N(c3ccc(Br)cc3)C2=O)c(C)n1-c1ccc(Sc2ccc([N+](=O)[O-])cc2)cc1. The Morgan fingerprint density at radius 1 is 0.875 bits per heavy atom. The number of hydrogen-bond acceptors (Lipinski definition) is 6. The summed E-state index contributed by atoms with van der Waals surface area (Å²) >= 11 is 4.82. The molecule has 0 radical (unpaired) electrons. The van der Waals surface area contributed by atoms with Crippen molar-refractivity contribution in [2.45, 2.75) is 23.6 Å². The van der Waals surface area contributed by atoms with E-state index in [2.05, 4.69) is 21.2 Å². The van der Waals surface area contributed by atoms with Gasteiger partial charge in [-0.25, -0.2) is 9.69 Å². The van der Waals surface area contributed by atoms with Gasteiger partial charge in [0.15, 0.2) is 0 Å². The van der Waals surface area contributed by atoms with Gasteiger partial charge in [-0.05, 0) is 92.2 Å². The van der Waals surface area contributed by atoms with Crippen LogP contribution in [0.15, 0.2) is 98.7 Å². The molecule has 11 heteroatoms. The van der Waals surface area contributed by atoms with Crippen molar-refractivity contribution in [3.8, 4) is 5.69 Å². The van der Waals surface area contributed by atoms with Crippen LogP contribution in [0.2, 0.25) is 0 Å². The Labute approximate surface area is 241 Å². The maximum Gasteiger partial charge on any atom is 0.335 e. The van der Waals surface area contributed by atoms with E-state index in [4.69, 9.17) is 0 Å². The minimum absolute atomic E-state index is 0.0454. The van der Waals surface area contributed by atoms with E-state index in [0.717, 1.165) is 36.2 Å². The molecule has 0 spiro atoms. The first-order valence-corrected chi connectivity index (χ1v) is 13.6. The number of imide groups is 2. The van der Waals surface area contributed by atoms with Crippen molar-refractivity contribution in [1.29, 1.82) is 0 Å². The fourth-order valence-corrected chi connectivity index (χ4v) is 5.48. The molecule has 1 aliphatic rings. The Bertz CT molecular complexity index is 1690. The van der Waals surface area contributed by atoms with Gasteiger partial charge in [0.2, 0.25) is 0 Å². The zero-order chi connectivity index (χ0) is 28.6. The summed E-state index contributed by atoms with van der Waals surface area (Å²) in [5.41, 5.74) is 3.52. The van der Waals surface area contributed by atoms with Crippen molar-refractivity contribution in [3.63, 3.8) is 0 Å². The average molecular weight is 617 g/mol. The second kappa shape index (κ2) is 10.9. The quantitative estimate of drug-likeness (QED) is 0.113. The normalized spacial score (nSPS) is 14.5. The highest BCUT2D eigenvalue weighted by Gasteiger charge is 2.37. The number of nitrogens with one attached hydrogen (secondary N) is 1. The molecule has 1 saturated heterocycles. The van der Waals surface area contributed by atoms with Crippen molar-refractivity contribution >= 4 is 63.0 Å². The number of carbonyl (C=O) groups is 3. The lowest BCUT2D eigenvalue weighted by atomic mass is 10.1. The maximum atomic E-state index is 13.3. The van der Waals surface area contributed by atoms with Crippen LogP contribution in [-0.4, -0.2) is 27.3 Å². The molecule has 3 aromatic carbocycles. The molecule has 4 amide bonds. The number of urea groups is 1. The fraction of sp³-hybridized carbons (Fsp3) is 0.0690. The lowest BCUT2D eigenvalue weighted by molar-refractivity contribution is -0.384. The highest BCUT2D eigenvalue weighted by molar-refractivity contribution is 9.10. The number of rotatable bonds is 6. The number of aromatic nitrogens is 1. The van der Waals surface area contributed by atoms with Crippen LogP contribution in [0.3, 0.4) is 0 Å². The third kappa shape index (κ3) is 5.33. The number of halogens is 1. The number of aryl methyl sites for hydroxylation is 1. The average Bonchev–Trinajstić information content (AvgIpc) is 3.20. The number of nitro groups is 1. The molecule has 0 bridgehead atoms. The van der Waals surface area contributed by atoms with Gasteiger partial charge in [-0.2, -0.15) is 0 Å². The fourth-order valence-electron chi connectivity index (χ4n) is 4.40. The largest absolute Gasteiger partial charge is 0.335 e. The maximum absolute atomic E-state index is 13.3. The van der Waals surface area contributed by atoms with Crippen LogP contribution < -0.4 is 10.2 Å². The number of nitrogens with zero attached hydrogens (tertiary/aromatic N) is 3. The number of non-ortho nitro benzene ring substituents is 1. The summed E-state index contributed by atoms with van der Waals surface area (Å²) in [5, 5.41) is 13.1. The molecule has 0 aliphatic carbocycles. The Morgan fingerprint density at radius 3 is 2.05 bits per heavy atom. The topological polar surface area (TPSA) is 115 Å². The third-order valence-corrected chi connectivity index (χ3v) is 7.88. The van der Waals surface area contributed by atoms with Crippen LogP contribution in [0.5, 0.6) is 0 Å². The highest BCUT2D eigenvalue weighted by Crippen LogP contribution is 2.31. The molecule has 5 rings (SSSR count). The van der Waals surface area contributed by atoms with E-state index >= 15 is 0 Å². The molecule has 200 valence electrons. The van der Waals surface area contributed by atoms with E-state index in [0.29, 0.717) is 11.3 Å². The molecule has 1 aromatic heterocycles. The lowest BCUT2D eigenvalue weighted by Crippen LogP contribution is -2.54. The molecule has 1 aliphatic heterocycles.